The van der Waals surface area contributed by atoms with Crippen molar-refractivity contribution in [2.45, 2.75) is 34.2 Å². The van der Waals surface area contributed by atoms with Gasteiger partial charge in [-0.3, -0.25) is 9.59 Å². The summed E-state index contributed by atoms with van der Waals surface area (Å²) in [7, 11) is 0. The van der Waals surface area contributed by atoms with Gasteiger partial charge in [0.2, 0.25) is 5.91 Å². The summed E-state index contributed by atoms with van der Waals surface area (Å²) in [4.78, 5) is 24.8. The predicted octanol–water partition coefficient (Wildman–Crippen LogP) is 3.54. The van der Waals surface area contributed by atoms with Gasteiger partial charge in [-0.05, 0) is 68.7 Å². The largest absolute Gasteiger partial charge is 0.324 e. The molecule has 3 rings (SSSR count). The molecule has 0 spiro atoms. The van der Waals surface area contributed by atoms with Crippen molar-refractivity contribution in [3.63, 3.8) is 0 Å². The molecular weight excluding hydrogens is 373 g/mol. The lowest BCUT2D eigenvalue weighted by Crippen LogP contribution is -2.21. The second-order valence-corrected chi connectivity index (χ2v) is 6.94. The van der Waals surface area contributed by atoms with Crippen LogP contribution in [0.1, 0.15) is 32.9 Å². The third kappa shape index (κ3) is 4.66. The first-order valence-electron chi connectivity index (χ1n) is 9.09. The number of aromatic nitrogens is 3. The maximum Gasteiger partial charge on any atom is 0.278 e. The predicted molar refractivity (Wildman–Crippen MR) is 108 cm³/mol. The fourth-order valence-electron chi connectivity index (χ4n) is 2.79. The molecule has 3 aromatic rings. The van der Waals surface area contributed by atoms with Crippen molar-refractivity contribution < 1.29 is 14.0 Å². The summed E-state index contributed by atoms with van der Waals surface area (Å²) in [5.74, 6) is -1.25. The van der Waals surface area contributed by atoms with E-state index in [2.05, 4.69) is 20.9 Å². The van der Waals surface area contributed by atoms with Crippen LogP contribution in [0, 0.1) is 33.5 Å². The molecule has 150 valence electrons. The van der Waals surface area contributed by atoms with Crippen LogP contribution in [0.15, 0.2) is 36.4 Å². The molecule has 0 aliphatic heterocycles. The fourth-order valence-corrected chi connectivity index (χ4v) is 2.79. The van der Waals surface area contributed by atoms with E-state index < -0.39 is 11.7 Å². The Morgan fingerprint density at radius 2 is 1.69 bits per heavy atom. The quantitative estimate of drug-likeness (QED) is 0.692. The van der Waals surface area contributed by atoms with Crippen LogP contribution in [0.25, 0.3) is 0 Å². The number of anilines is 2. The standard InChI is InChI=1S/C21H22FN5O2/c1-12-6-8-17(9-14(12)3)23-19(28)11-27-15(4)20(25-26-27)21(29)24-18-10-16(22)7-5-13(18)2/h5-10H,11H2,1-4H3,(H,23,28)(H,24,29). The molecule has 8 heteroatoms. The Labute approximate surface area is 167 Å². The Bertz CT molecular complexity index is 1090. The zero-order chi connectivity index (χ0) is 21.1. The molecular formula is C21H22FN5O2. The number of carbonyl (C=O) groups excluding carboxylic acids is 2. The van der Waals surface area contributed by atoms with E-state index in [1.165, 1.54) is 16.8 Å². The smallest absolute Gasteiger partial charge is 0.278 e. The number of hydrogen-bond donors (Lipinski definition) is 2. The molecule has 0 saturated heterocycles. The molecule has 0 atom stereocenters. The van der Waals surface area contributed by atoms with Crippen LogP contribution in [-0.4, -0.2) is 26.8 Å². The summed E-state index contributed by atoms with van der Waals surface area (Å²) in [6, 6.07) is 9.79. The van der Waals surface area contributed by atoms with E-state index in [0.717, 1.165) is 16.7 Å². The van der Waals surface area contributed by atoms with Gasteiger partial charge in [0.15, 0.2) is 5.69 Å². The highest BCUT2D eigenvalue weighted by Crippen LogP contribution is 2.18. The SMILES string of the molecule is Cc1ccc(NC(=O)Cn2nnc(C(=O)Nc3cc(F)ccc3C)c2C)cc1C. The maximum atomic E-state index is 13.4. The molecule has 0 aliphatic carbocycles. The lowest BCUT2D eigenvalue weighted by Gasteiger charge is -2.09. The van der Waals surface area contributed by atoms with Crippen molar-refractivity contribution in [3.05, 3.63) is 70.3 Å². The molecule has 0 unspecified atom stereocenters. The third-order valence-electron chi connectivity index (χ3n) is 4.73. The molecule has 2 amide bonds. The lowest BCUT2D eigenvalue weighted by atomic mass is 10.1. The van der Waals surface area contributed by atoms with Gasteiger partial charge >= 0.3 is 0 Å². The summed E-state index contributed by atoms with van der Waals surface area (Å²) in [6.45, 7) is 7.29. The van der Waals surface area contributed by atoms with Gasteiger partial charge < -0.3 is 10.6 Å². The summed E-state index contributed by atoms with van der Waals surface area (Å²) in [5.41, 5.74) is 4.49. The van der Waals surface area contributed by atoms with Crippen LogP contribution < -0.4 is 10.6 Å². The van der Waals surface area contributed by atoms with Gasteiger partial charge in [-0.2, -0.15) is 0 Å². The molecule has 0 fully saturated rings. The van der Waals surface area contributed by atoms with Gasteiger partial charge in [-0.25, -0.2) is 9.07 Å². The molecule has 1 heterocycles. The minimum absolute atomic E-state index is 0.0765. The van der Waals surface area contributed by atoms with Crippen LogP contribution in [-0.2, 0) is 11.3 Å². The van der Waals surface area contributed by atoms with Crippen molar-refractivity contribution in [2.24, 2.45) is 0 Å². The number of hydrogen-bond acceptors (Lipinski definition) is 4. The Balaban J connectivity index is 1.69. The average Bonchev–Trinajstić information content (AvgIpc) is 3.02. The first-order chi connectivity index (χ1) is 13.7. The zero-order valence-corrected chi connectivity index (χ0v) is 16.7. The van der Waals surface area contributed by atoms with E-state index in [4.69, 9.17) is 0 Å². The Morgan fingerprint density at radius 3 is 2.41 bits per heavy atom. The van der Waals surface area contributed by atoms with Gasteiger partial charge in [-0.15, -0.1) is 5.10 Å². The van der Waals surface area contributed by atoms with Gasteiger partial charge in [0.05, 0.1) is 5.69 Å². The summed E-state index contributed by atoms with van der Waals surface area (Å²) in [6.07, 6.45) is 0. The Kier molecular flexibility index (Phi) is 5.72. The molecule has 7 nitrogen and oxygen atoms in total. The molecule has 0 bridgehead atoms. The van der Waals surface area contributed by atoms with Crippen LogP contribution >= 0.6 is 0 Å². The van der Waals surface area contributed by atoms with E-state index in [1.807, 2.05) is 32.0 Å². The van der Waals surface area contributed by atoms with Crippen molar-refractivity contribution in [1.82, 2.24) is 15.0 Å². The van der Waals surface area contributed by atoms with Crippen molar-refractivity contribution in [3.8, 4) is 0 Å². The van der Waals surface area contributed by atoms with E-state index >= 15 is 0 Å². The lowest BCUT2D eigenvalue weighted by molar-refractivity contribution is -0.117. The van der Waals surface area contributed by atoms with Crippen molar-refractivity contribution in [1.29, 1.82) is 0 Å². The number of nitrogens with one attached hydrogen (secondary N) is 2. The third-order valence-corrected chi connectivity index (χ3v) is 4.73. The van der Waals surface area contributed by atoms with Gasteiger partial charge in [0.25, 0.3) is 5.91 Å². The zero-order valence-electron chi connectivity index (χ0n) is 16.7. The van der Waals surface area contributed by atoms with Crippen LogP contribution in [0.5, 0.6) is 0 Å². The summed E-state index contributed by atoms with van der Waals surface area (Å²) >= 11 is 0. The number of carbonyl (C=O) groups is 2. The maximum absolute atomic E-state index is 13.4. The van der Waals surface area contributed by atoms with Gasteiger partial charge in [0.1, 0.15) is 12.4 Å². The van der Waals surface area contributed by atoms with Gasteiger partial charge in [-0.1, -0.05) is 17.3 Å². The second-order valence-electron chi connectivity index (χ2n) is 6.94. The van der Waals surface area contributed by atoms with Crippen LogP contribution in [0.3, 0.4) is 0 Å². The fraction of sp³-hybridized carbons (Fsp3) is 0.238. The molecule has 0 saturated carbocycles. The van der Waals surface area contributed by atoms with E-state index in [-0.39, 0.29) is 18.1 Å². The highest BCUT2D eigenvalue weighted by Gasteiger charge is 2.19. The van der Waals surface area contributed by atoms with Crippen molar-refractivity contribution in [2.75, 3.05) is 10.6 Å². The van der Waals surface area contributed by atoms with E-state index in [9.17, 15) is 14.0 Å². The second kappa shape index (κ2) is 8.22. The monoisotopic (exact) mass is 395 g/mol. The number of rotatable bonds is 5. The summed E-state index contributed by atoms with van der Waals surface area (Å²) in [5, 5.41) is 13.2. The van der Waals surface area contributed by atoms with Crippen LogP contribution in [0.4, 0.5) is 15.8 Å². The number of nitrogens with zero attached hydrogens (tertiary/aromatic N) is 3. The molecule has 29 heavy (non-hydrogen) atoms. The average molecular weight is 395 g/mol. The number of halogens is 1. The van der Waals surface area contributed by atoms with Crippen LogP contribution in [0.2, 0.25) is 0 Å². The first-order valence-corrected chi connectivity index (χ1v) is 9.09. The summed E-state index contributed by atoms with van der Waals surface area (Å²) < 4.78 is 14.8. The first kappa shape index (κ1) is 20.2. The molecule has 2 aromatic carbocycles. The Morgan fingerprint density at radius 1 is 0.966 bits per heavy atom. The van der Waals surface area contributed by atoms with E-state index in [1.54, 1.807) is 19.9 Å². The normalized spacial score (nSPS) is 10.7. The number of aryl methyl sites for hydroxylation is 3. The highest BCUT2D eigenvalue weighted by molar-refractivity contribution is 6.04. The molecule has 0 aliphatic rings. The highest BCUT2D eigenvalue weighted by atomic mass is 19.1. The van der Waals surface area contributed by atoms with Gasteiger partial charge in [0, 0.05) is 11.4 Å². The molecule has 0 radical (unpaired) electrons. The van der Waals surface area contributed by atoms with E-state index in [0.29, 0.717) is 17.1 Å². The minimum atomic E-state index is -0.517. The number of amides is 2. The van der Waals surface area contributed by atoms with Crippen molar-refractivity contribution >= 4 is 23.2 Å². The Hall–Kier alpha value is -3.55. The minimum Gasteiger partial charge on any atom is -0.324 e. The topological polar surface area (TPSA) is 88.9 Å². The number of benzene rings is 2. The molecule has 2 N–H and O–H groups in total. The molecule has 1 aromatic heterocycles.